The number of amides is 2. The second-order valence-electron chi connectivity index (χ2n) is 10.7. The van der Waals surface area contributed by atoms with Crippen LogP contribution in [0.5, 0.6) is 0 Å². The first-order chi connectivity index (χ1) is 14.8. The van der Waals surface area contributed by atoms with Gasteiger partial charge in [0.05, 0.1) is 25.3 Å². The van der Waals surface area contributed by atoms with Crippen molar-refractivity contribution in [1.82, 2.24) is 10.6 Å². The Morgan fingerprint density at radius 1 is 1.19 bits per heavy atom. The van der Waals surface area contributed by atoms with E-state index in [-0.39, 0.29) is 50.1 Å². The molecule has 10 heteroatoms. The third kappa shape index (κ3) is 3.20. The van der Waals surface area contributed by atoms with Crippen molar-refractivity contribution in [2.45, 2.75) is 99.5 Å². The number of ether oxygens (including phenoxy) is 2. The second kappa shape index (κ2) is 7.73. The number of urea groups is 1. The van der Waals surface area contributed by atoms with Gasteiger partial charge in [0.1, 0.15) is 22.4 Å². The minimum atomic E-state index is -1.48. The Bertz CT molecular complexity index is 792. The van der Waals surface area contributed by atoms with Crippen molar-refractivity contribution in [2.24, 2.45) is 5.41 Å². The summed E-state index contributed by atoms with van der Waals surface area (Å²) in [6.45, 7) is 6.21. The number of thioether (sulfide) groups is 1. The van der Waals surface area contributed by atoms with Gasteiger partial charge in [-0.05, 0) is 40.0 Å². The van der Waals surface area contributed by atoms with Crippen LogP contribution in [0, 0.1) is 5.41 Å². The van der Waals surface area contributed by atoms with Crippen molar-refractivity contribution in [1.29, 1.82) is 0 Å². The smallest absolute Gasteiger partial charge is 0.315 e. The molecular weight excluding hydrogens is 436 g/mol. The molecule has 5 fully saturated rings. The lowest BCUT2D eigenvalue weighted by atomic mass is 9.44. The molecule has 32 heavy (non-hydrogen) atoms. The molecular formula is C22H36N2O7S. The van der Waals surface area contributed by atoms with Crippen LogP contribution in [0.25, 0.3) is 0 Å². The molecule has 6 unspecified atom stereocenters. The summed E-state index contributed by atoms with van der Waals surface area (Å²) in [5.41, 5.74) is -6.25. The van der Waals surface area contributed by atoms with Gasteiger partial charge in [-0.1, -0.05) is 13.3 Å². The van der Waals surface area contributed by atoms with Crippen molar-refractivity contribution in [2.75, 3.05) is 19.0 Å². The summed E-state index contributed by atoms with van der Waals surface area (Å²) in [6.07, 6.45) is 2.93. The Labute approximate surface area is 193 Å². The average molecular weight is 473 g/mol. The summed E-state index contributed by atoms with van der Waals surface area (Å²) in [5, 5.41) is 38.5. The van der Waals surface area contributed by atoms with Crippen molar-refractivity contribution in [3.05, 3.63) is 0 Å². The Morgan fingerprint density at radius 2 is 1.91 bits per heavy atom. The van der Waals surface area contributed by atoms with E-state index in [9.17, 15) is 24.9 Å². The lowest BCUT2D eigenvalue weighted by molar-refractivity contribution is -0.488. The number of carbonyl (C=O) groups excluding carboxylic acids is 2. The van der Waals surface area contributed by atoms with E-state index in [1.54, 1.807) is 27.7 Å². The zero-order valence-electron chi connectivity index (χ0n) is 19.3. The SMILES string of the molecule is CC1(COC(=O)CCCCC2SC[C@@H]3NC(=O)N[C@H]23)CC2(CO)OC(C)(C1(C)O)C2(C)O. The molecule has 9 nitrogen and oxygen atoms in total. The number of hydrogen-bond acceptors (Lipinski definition) is 8. The molecule has 0 radical (unpaired) electrons. The number of fused-ring (bicyclic) bond motifs is 3. The van der Waals surface area contributed by atoms with Gasteiger partial charge in [-0.15, -0.1) is 0 Å². The fraction of sp³-hybridized carbons (Fsp3) is 0.909. The number of unbranched alkanes of at least 4 members (excludes halogenated alkanes) is 1. The molecule has 2 bridgehead atoms. The van der Waals surface area contributed by atoms with E-state index < -0.39 is 27.8 Å². The highest BCUT2D eigenvalue weighted by molar-refractivity contribution is 8.00. The van der Waals surface area contributed by atoms with Crippen LogP contribution < -0.4 is 10.6 Å². The van der Waals surface area contributed by atoms with E-state index in [0.29, 0.717) is 11.7 Å². The molecule has 1 saturated carbocycles. The van der Waals surface area contributed by atoms with Gasteiger partial charge in [-0.2, -0.15) is 11.8 Å². The number of carbonyl (C=O) groups is 2. The first-order valence-corrected chi connectivity index (χ1v) is 12.5. The fourth-order valence-electron chi connectivity index (χ4n) is 6.14. The lowest BCUT2D eigenvalue weighted by Crippen LogP contribution is -2.93. The molecule has 4 heterocycles. The van der Waals surface area contributed by atoms with E-state index in [1.165, 1.54) is 0 Å². The van der Waals surface area contributed by atoms with Gasteiger partial charge in [0, 0.05) is 22.8 Å². The predicted molar refractivity (Wildman–Crippen MR) is 118 cm³/mol. The molecule has 2 amide bonds. The summed E-state index contributed by atoms with van der Waals surface area (Å²) >= 11 is 1.86. The lowest BCUT2D eigenvalue weighted by Gasteiger charge is -2.77. The largest absolute Gasteiger partial charge is 0.465 e. The summed E-state index contributed by atoms with van der Waals surface area (Å²) in [4.78, 5) is 23.9. The zero-order chi connectivity index (χ0) is 23.6. The van der Waals surface area contributed by atoms with Crippen LogP contribution in [-0.2, 0) is 14.3 Å². The van der Waals surface area contributed by atoms with Crippen LogP contribution in [0.4, 0.5) is 4.79 Å². The van der Waals surface area contributed by atoms with Gasteiger partial charge >= 0.3 is 12.0 Å². The van der Waals surface area contributed by atoms with Gasteiger partial charge in [0.15, 0.2) is 0 Å². The zero-order valence-corrected chi connectivity index (χ0v) is 20.1. The number of rotatable bonds is 8. The third-order valence-corrected chi connectivity index (χ3v) is 10.4. The maximum absolute atomic E-state index is 12.4. The van der Waals surface area contributed by atoms with Crippen molar-refractivity contribution < 1.29 is 34.4 Å². The quantitative estimate of drug-likeness (QED) is 0.198. The Balaban J connectivity index is 1.25. The molecule has 5 aliphatic rings. The molecule has 1 aliphatic carbocycles. The highest BCUT2D eigenvalue weighted by Gasteiger charge is 2.84. The number of aliphatic hydroxyl groups excluding tert-OH is 1. The third-order valence-electron chi connectivity index (χ3n) is 8.86. The molecule has 0 aromatic rings. The van der Waals surface area contributed by atoms with E-state index >= 15 is 0 Å². The Hall–Kier alpha value is -1.07. The normalized spacial score (nSPS) is 49.1. The van der Waals surface area contributed by atoms with Gasteiger partial charge in [0.25, 0.3) is 0 Å². The van der Waals surface area contributed by atoms with E-state index in [1.807, 2.05) is 11.8 Å². The monoisotopic (exact) mass is 472 g/mol. The molecule has 0 spiro atoms. The van der Waals surface area contributed by atoms with Crippen LogP contribution in [0.2, 0.25) is 0 Å². The molecule has 4 saturated heterocycles. The molecule has 5 rings (SSSR count). The van der Waals surface area contributed by atoms with Gasteiger partial charge in [0.2, 0.25) is 0 Å². The summed E-state index contributed by atoms with van der Waals surface area (Å²) in [5.74, 6) is 0.587. The van der Waals surface area contributed by atoms with Gasteiger partial charge in [-0.3, -0.25) is 4.79 Å². The van der Waals surface area contributed by atoms with Crippen LogP contribution in [0.1, 0.15) is 59.8 Å². The van der Waals surface area contributed by atoms with Gasteiger partial charge in [-0.25, -0.2) is 4.79 Å². The minimum absolute atomic E-state index is 0.0183. The number of hydrogen-bond donors (Lipinski definition) is 5. The van der Waals surface area contributed by atoms with Crippen LogP contribution in [0.15, 0.2) is 0 Å². The maximum atomic E-state index is 12.4. The van der Waals surface area contributed by atoms with E-state index in [0.717, 1.165) is 18.6 Å². The topological polar surface area (TPSA) is 137 Å². The van der Waals surface area contributed by atoms with Crippen LogP contribution in [-0.4, -0.2) is 86.0 Å². The number of esters is 1. The maximum Gasteiger partial charge on any atom is 0.315 e. The van der Waals surface area contributed by atoms with Crippen LogP contribution in [0.3, 0.4) is 0 Å². The minimum Gasteiger partial charge on any atom is -0.465 e. The standard InChI is InChI=1S/C22H36N2O7S/c1-18(10-22(11-25)20(3,29)21(4,31-22)19(18,2)28)12-30-15(26)8-6-5-7-14-16-13(9-32-14)23-17(27)24-16/h13-14,16,25,28-29H,5-12H2,1-4H3,(H2,23,24,27)/t13-,14?,16-,18?,19?,20?,21?,22?/m0/s1. The van der Waals surface area contributed by atoms with E-state index in [2.05, 4.69) is 10.6 Å². The molecule has 8 atom stereocenters. The second-order valence-corrected chi connectivity index (χ2v) is 12.0. The Kier molecular flexibility index (Phi) is 5.81. The van der Waals surface area contributed by atoms with Crippen molar-refractivity contribution >= 4 is 23.8 Å². The summed E-state index contributed by atoms with van der Waals surface area (Å²) in [7, 11) is 0. The number of aliphatic hydroxyl groups is 3. The molecule has 5 N–H and O–H groups in total. The van der Waals surface area contributed by atoms with Crippen molar-refractivity contribution in [3.8, 4) is 0 Å². The summed E-state index contributed by atoms with van der Waals surface area (Å²) in [6, 6.07) is 0.271. The average Bonchev–Trinajstić information content (AvgIpc) is 3.27. The summed E-state index contributed by atoms with van der Waals surface area (Å²) < 4.78 is 11.4. The number of nitrogens with one attached hydrogen (secondary N) is 2. The predicted octanol–water partition coefficient (Wildman–Crippen LogP) is 0.687. The van der Waals surface area contributed by atoms with E-state index in [4.69, 9.17) is 9.47 Å². The molecule has 4 aliphatic heterocycles. The molecule has 0 aromatic heterocycles. The molecule has 0 aromatic carbocycles. The first kappa shape index (κ1) is 24.1. The van der Waals surface area contributed by atoms with Gasteiger partial charge < -0.3 is 35.4 Å². The van der Waals surface area contributed by atoms with Crippen LogP contribution >= 0.6 is 11.8 Å². The highest BCUT2D eigenvalue weighted by atomic mass is 32.2. The molecule has 182 valence electrons. The first-order valence-electron chi connectivity index (χ1n) is 11.4. The fourth-order valence-corrected chi connectivity index (χ4v) is 7.68. The highest BCUT2D eigenvalue weighted by Crippen LogP contribution is 2.68. The van der Waals surface area contributed by atoms with Crippen molar-refractivity contribution in [3.63, 3.8) is 0 Å². The Morgan fingerprint density at radius 3 is 2.56 bits per heavy atom.